The van der Waals surface area contributed by atoms with Crippen LogP contribution in [-0.4, -0.2) is 10.9 Å². The van der Waals surface area contributed by atoms with Gasteiger partial charge in [0.05, 0.1) is 11.9 Å². The Kier molecular flexibility index (Phi) is 3.58. The Balaban J connectivity index is 3.00. The van der Waals surface area contributed by atoms with Crippen molar-refractivity contribution in [2.75, 3.05) is 5.32 Å². The average molecular weight is 241 g/mol. The molecule has 0 unspecified atom stereocenters. The normalized spacial score (nSPS) is 11.4. The molecule has 3 nitrogen and oxygen atoms in total. The molecule has 0 atom stereocenters. The molecule has 0 aliphatic heterocycles. The fourth-order valence-electron chi connectivity index (χ4n) is 1.11. The zero-order valence-electron chi connectivity index (χ0n) is 10.3. The maximum atomic E-state index is 11.8. The van der Waals surface area contributed by atoms with E-state index >= 15 is 0 Å². The number of amides is 1. The van der Waals surface area contributed by atoms with Crippen LogP contribution in [0.3, 0.4) is 0 Å². The average Bonchev–Trinajstić information content (AvgIpc) is 2.17. The fourth-order valence-corrected chi connectivity index (χ4v) is 1.30. The Hall–Kier alpha value is -1.09. The Bertz CT molecular complexity index is 422. The van der Waals surface area contributed by atoms with Crippen LogP contribution in [-0.2, 0) is 4.79 Å². The molecule has 0 saturated heterocycles. The molecule has 1 N–H and O–H groups in total. The van der Waals surface area contributed by atoms with Gasteiger partial charge in [-0.1, -0.05) is 32.4 Å². The van der Waals surface area contributed by atoms with Crippen molar-refractivity contribution in [1.82, 2.24) is 4.98 Å². The molecule has 4 heteroatoms. The highest BCUT2D eigenvalue weighted by atomic mass is 35.5. The first-order valence-electron chi connectivity index (χ1n) is 5.16. The molecule has 1 aromatic rings. The summed E-state index contributed by atoms with van der Waals surface area (Å²) in [5, 5.41) is 3.34. The molecule has 0 aliphatic rings. The first-order chi connectivity index (χ1) is 7.23. The standard InChI is InChI=1S/C12H17ClN2O/c1-7-8(2)10(13)14-6-9(7)15-11(16)12(3,4)5/h6H,1-5H3,(H,15,16). The SMILES string of the molecule is Cc1c(NC(=O)C(C)(C)C)cnc(Cl)c1C. The van der Waals surface area contributed by atoms with Gasteiger partial charge in [0.25, 0.3) is 0 Å². The first-order valence-corrected chi connectivity index (χ1v) is 5.54. The second-order valence-electron chi connectivity index (χ2n) is 4.92. The van der Waals surface area contributed by atoms with E-state index in [-0.39, 0.29) is 5.91 Å². The summed E-state index contributed by atoms with van der Waals surface area (Å²) in [7, 11) is 0. The summed E-state index contributed by atoms with van der Waals surface area (Å²) in [6.07, 6.45) is 1.59. The zero-order valence-corrected chi connectivity index (χ0v) is 11.1. The molecule has 1 rings (SSSR count). The van der Waals surface area contributed by atoms with Crippen molar-refractivity contribution < 1.29 is 4.79 Å². The van der Waals surface area contributed by atoms with Crippen LogP contribution in [0.5, 0.6) is 0 Å². The second kappa shape index (κ2) is 4.42. The Morgan fingerprint density at radius 3 is 2.38 bits per heavy atom. The summed E-state index contributed by atoms with van der Waals surface area (Å²) in [6, 6.07) is 0. The second-order valence-corrected chi connectivity index (χ2v) is 5.27. The lowest BCUT2D eigenvalue weighted by atomic mass is 9.95. The van der Waals surface area contributed by atoms with Gasteiger partial charge in [-0.05, 0) is 25.0 Å². The molecular weight excluding hydrogens is 224 g/mol. The van der Waals surface area contributed by atoms with Crippen molar-refractivity contribution in [3.05, 3.63) is 22.5 Å². The highest BCUT2D eigenvalue weighted by Crippen LogP contribution is 2.24. The third kappa shape index (κ3) is 2.73. The maximum absolute atomic E-state index is 11.8. The van der Waals surface area contributed by atoms with E-state index in [4.69, 9.17) is 11.6 Å². The van der Waals surface area contributed by atoms with Crippen LogP contribution in [0.15, 0.2) is 6.20 Å². The van der Waals surface area contributed by atoms with Gasteiger partial charge < -0.3 is 5.32 Å². The van der Waals surface area contributed by atoms with Crippen molar-refractivity contribution in [1.29, 1.82) is 0 Å². The van der Waals surface area contributed by atoms with Crippen LogP contribution in [0.25, 0.3) is 0 Å². The van der Waals surface area contributed by atoms with Crippen molar-refractivity contribution >= 4 is 23.2 Å². The summed E-state index contributed by atoms with van der Waals surface area (Å²) >= 11 is 5.89. The van der Waals surface area contributed by atoms with E-state index in [1.807, 2.05) is 34.6 Å². The van der Waals surface area contributed by atoms with E-state index in [9.17, 15) is 4.79 Å². The van der Waals surface area contributed by atoms with Crippen LogP contribution in [0.1, 0.15) is 31.9 Å². The number of carbonyl (C=O) groups excluding carboxylic acids is 1. The number of carbonyl (C=O) groups is 1. The number of hydrogen-bond donors (Lipinski definition) is 1. The molecule has 0 aromatic carbocycles. The number of nitrogens with zero attached hydrogens (tertiary/aromatic N) is 1. The van der Waals surface area contributed by atoms with Crippen LogP contribution < -0.4 is 5.32 Å². The fraction of sp³-hybridized carbons (Fsp3) is 0.500. The molecule has 0 spiro atoms. The molecule has 0 saturated carbocycles. The summed E-state index contributed by atoms with van der Waals surface area (Å²) in [5.41, 5.74) is 2.16. The van der Waals surface area contributed by atoms with Gasteiger partial charge in [0.15, 0.2) is 0 Å². The molecule has 0 aliphatic carbocycles. The highest BCUT2D eigenvalue weighted by Gasteiger charge is 2.22. The topological polar surface area (TPSA) is 42.0 Å². The number of hydrogen-bond acceptors (Lipinski definition) is 2. The number of pyridine rings is 1. The lowest BCUT2D eigenvalue weighted by Crippen LogP contribution is -2.28. The minimum absolute atomic E-state index is 0.0286. The molecule has 0 radical (unpaired) electrons. The van der Waals surface area contributed by atoms with Crippen molar-refractivity contribution in [2.45, 2.75) is 34.6 Å². The monoisotopic (exact) mass is 240 g/mol. The van der Waals surface area contributed by atoms with E-state index < -0.39 is 5.41 Å². The van der Waals surface area contributed by atoms with E-state index in [1.165, 1.54) is 0 Å². The summed E-state index contributed by atoms with van der Waals surface area (Å²) in [5.74, 6) is -0.0286. The summed E-state index contributed by atoms with van der Waals surface area (Å²) < 4.78 is 0. The van der Waals surface area contributed by atoms with Crippen LogP contribution in [0.2, 0.25) is 5.15 Å². The summed E-state index contributed by atoms with van der Waals surface area (Å²) in [4.78, 5) is 15.8. The van der Waals surface area contributed by atoms with Gasteiger partial charge in [-0.3, -0.25) is 4.79 Å². The predicted molar refractivity (Wildman–Crippen MR) is 66.8 cm³/mol. The molecule has 1 heterocycles. The van der Waals surface area contributed by atoms with Crippen LogP contribution >= 0.6 is 11.6 Å². The van der Waals surface area contributed by atoms with Crippen LogP contribution in [0.4, 0.5) is 5.69 Å². The third-order valence-corrected chi connectivity index (χ3v) is 2.89. The molecule has 0 fully saturated rings. The minimum atomic E-state index is -0.417. The van der Waals surface area contributed by atoms with Gasteiger partial charge >= 0.3 is 0 Å². The van der Waals surface area contributed by atoms with E-state index in [0.717, 1.165) is 16.8 Å². The molecule has 88 valence electrons. The highest BCUT2D eigenvalue weighted by molar-refractivity contribution is 6.30. The largest absolute Gasteiger partial charge is 0.324 e. The lowest BCUT2D eigenvalue weighted by molar-refractivity contribution is -0.123. The number of anilines is 1. The Labute approximate surface area is 101 Å². The number of aromatic nitrogens is 1. The Morgan fingerprint density at radius 1 is 1.31 bits per heavy atom. The van der Waals surface area contributed by atoms with E-state index in [1.54, 1.807) is 6.20 Å². The predicted octanol–water partition coefficient (Wildman–Crippen LogP) is 3.34. The number of rotatable bonds is 1. The third-order valence-electron chi connectivity index (χ3n) is 2.51. The van der Waals surface area contributed by atoms with Crippen molar-refractivity contribution in [3.63, 3.8) is 0 Å². The van der Waals surface area contributed by atoms with Gasteiger partial charge in [-0.15, -0.1) is 0 Å². The van der Waals surface area contributed by atoms with E-state index in [2.05, 4.69) is 10.3 Å². The molecule has 16 heavy (non-hydrogen) atoms. The zero-order chi connectivity index (χ0) is 12.5. The molecule has 1 amide bonds. The van der Waals surface area contributed by atoms with Gasteiger partial charge in [-0.2, -0.15) is 0 Å². The van der Waals surface area contributed by atoms with Crippen molar-refractivity contribution in [2.24, 2.45) is 5.41 Å². The van der Waals surface area contributed by atoms with Crippen molar-refractivity contribution in [3.8, 4) is 0 Å². The van der Waals surface area contributed by atoms with Crippen LogP contribution in [0, 0.1) is 19.3 Å². The smallest absolute Gasteiger partial charge is 0.229 e. The number of nitrogens with one attached hydrogen (secondary N) is 1. The number of halogens is 1. The molecule has 0 bridgehead atoms. The van der Waals surface area contributed by atoms with Gasteiger partial charge in [-0.25, -0.2) is 4.98 Å². The molecule has 1 aromatic heterocycles. The van der Waals surface area contributed by atoms with Gasteiger partial charge in [0.2, 0.25) is 5.91 Å². The van der Waals surface area contributed by atoms with Gasteiger partial charge in [0, 0.05) is 5.41 Å². The quantitative estimate of drug-likeness (QED) is 0.765. The first kappa shape index (κ1) is 13.0. The van der Waals surface area contributed by atoms with E-state index in [0.29, 0.717) is 5.15 Å². The lowest BCUT2D eigenvalue weighted by Gasteiger charge is -2.19. The van der Waals surface area contributed by atoms with Gasteiger partial charge in [0.1, 0.15) is 5.15 Å². The summed E-state index contributed by atoms with van der Waals surface area (Å²) in [6.45, 7) is 9.41. The maximum Gasteiger partial charge on any atom is 0.229 e. The minimum Gasteiger partial charge on any atom is -0.324 e. The Morgan fingerprint density at radius 2 is 1.88 bits per heavy atom. The molecular formula is C12H17ClN2O.